The number of hydrogen-bond donors (Lipinski definition) is 2. The number of hydrogen-bond acceptors (Lipinski definition) is 6. The summed E-state index contributed by atoms with van der Waals surface area (Å²) >= 11 is 0. The Morgan fingerprint density at radius 2 is 1.69 bits per heavy atom. The van der Waals surface area contributed by atoms with Crippen LogP contribution in [-0.2, 0) is 9.53 Å². The minimum atomic E-state index is -0.256. The Bertz CT molecular complexity index is 1920. The van der Waals surface area contributed by atoms with Crippen LogP contribution in [0.2, 0.25) is 0 Å². The van der Waals surface area contributed by atoms with Gasteiger partial charge in [0.1, 0.15) is 5.76 Å². The Balaban J connectivity index is 1.52. The van der Waals surface area contributed by atoms with E-state index in [4.69, 9.17) is 19.7 Å². The number of esters is 1. The number of H-pyrrole nitrogens is 1. The zero-order valence-corrected chi connectivity index (χ0v) is 25.2. The number of nitrogens with one attached hydrogen (secondary N) is 1. The fourth-order valence-corrected chi connectivity index (χ4v) is 6.99. The minimum absolute atomic E-state index is 0.256. The highest BCUT2D eigenvalue weighted by Gasteiger charge is 2.37. The van der Waals surface area contributed by atoms with Gasteiger partial charge >= 0.3 is 5.97 Å². The molecule has 0 aromatic carbocycles. The van der Waals surface area contributed by atoms with Crippen molar-refractivity contribution in [3.05, 3.63) is 89.8 Å². The lowest BCUT2D eigenvalue weighted by atomic mass is 9.96. The number of aliphatic hydroxyl groups is 1. The van der Waals surface area contributed by atoms with Crippen molar-refractivity contribution in [3.8, 4) is 0 Å². The molecule has 7 rings (SSSR count). The molecule has 0 atom stereocenters. The van der Waals surface area contributed by atoms with Gasteiger partial charge in [0.2, 0.25) is 0 Å². The van der Waals surface area contributed by atoms with Crippen molar-refractivity contribution in [3.63, 3.8) is 0 Å². The van der Waals surface area contributed by atoms with Crippen molar-refractivity contribution >= 4 is 35.3 Å². The summed E-state index contributed by atoms with van der Waals surface area (Å²) in [5.74, 6) is 0.615. The first-order valence-corrected chi connectivity index (χ1v) is 14.9. The maximum atomic E-state index is 12.2. The highest BCUT2D eigenvalue weighted by molar-refractivity contribution is 6.26. The number of allylic oxidation sites excluding steroid dienone is 8. The SMILES string of the molecule is CCC1=C(C)C2=NC1=CC1=C(C)C3=C(O)CC(=C4N=C(C=c5[nH]c(c(C6CC6)c5C)=C2)C(C)=C4CCC(=O)OC)C3=N1. The highest BCUT2D eigenvalue weighted by Crippen LogP contribution is 2.45. The van der Waals surface area contributed by atoms with Crippen molar-refractivity contribution in [1.82, 2.24) is 4.98 Å². The topological polar surface area (TPSA) is 99.4 Å². The third kappa shape index (κ3) is 4.01. The van der Waals surface area contributed by atoms with Crippen LogP contribution in [0.3, 0.4) is 0 Å². The molecule has 42 heavy (non-hydrogen) atoms. The molecule has 0 unspecified atom stereocenters. The predicted octanol–water partition coefficient (Wildman–Crippen LogP) is 5.76. The molecule has 4 aliphatic heterocycles. The van der Waals surface area contributed by atoms with E-state index in [2.05, 4.69) is 50.9 Å². The van der Waals surface area contributed by atoms with Gasteiger partial charge < -0.3 is 14.8 Å². The van der Waals surface area contributed by atoms with E-state index in [1.807, 2.05) is 6.92 Å². The second-order valence-corrected chi connectivity index (χ2v) is 12.0. The summed E-state index contributed by atoms with van der Waals surface area (Å²) in [5.41, 5.74) is 14.9. The van der Waals surface area contributed by atoms with Crippen LogP contribution < -0.4 is 10.7 Å². The molecule has 7 nitrogen and oxygen atoms in total. The summed E-state index contributed by atoms with van der Waals surface area (Å²) in [5, 5.41) is 13.4. The van der Waals surface area contributed by atoms with E-state index in [1.54, 1.807) is 0 Å². The largest absolute Gasteiger partial charge is 0.511 e. The van der Waals surface area contributed by atoms with Gasteiger partial charge in [-0.05, 0) is 117 Å². The van der Waals surface area contributed by atoms with Gasteiger partial charge in [0.05, 0.1) is 41.3 Å². The molecular weight excluding hydrogens is 524 g/mol. The van der Waals surface area contributed by atoms with Crippen LogP contribution in [-0.4, -0.2) is 40.3 Å². The number of aliphatic imine (C=N–C) groups is 3. The molecule has 2 aliphatic carbocycles. The summed E-state index contributed by atoms with van der Waals surface area (Å²) in [6.07, 6.45) is 10.8. The van der Waals surface area contributed by atoms with Crippen LogP contribution >= 0.6 is 0 Å². The van der Waals surface area contributed by atoms with Gasteiger partial charge in [-0.25, -0.2) is 15.0 Å². The van der Waals surface area contributed by atoms with E-state index < -0.39 is 0 Å². The maximum Gasteiger partial charge on any atom is 0.305 e. The predicted molar refractivity (Wildman–Crippen MR) is 167 cm³/mol. The zero-order valence-electron chi connectivity index (χ0n) is 25.2. The molecule has 5 heterocycles. The average molecular weight is 561 g/mol. The Morgan fingerprint density at radius 3 is 2.40 bits per heavy atom. The van der Waals surface area contributed by atoms with E-state index in [1.165, 1.54) is 42.2 Å². The number of methoxy groups -OCH3 is 1. The lowest BCUT2D eigenvalue weighted by molar-refractivity contribution is -0.140. The molecule has 1 aromatic rings. The van der Waals surface area contributed by atoms with Gasteiger partial charge in [0, 0.05) is 34.7 Å². The van der Waals surface area contributed by atoms with Gasteiger partial charge in [0.15, 0.2) is 0 Å². The molecular formula is C35H36N4O3. The molecule has 7 heteroatoms. The molecule has 0 amide bonds. The van der Waals surface area contributed by atoms with Crippen molar-refractivity contribution < 1.29 is 14.6 Å². The molecule has 6 aliphatic rings. The first-order valence-electron chi connectivity index (χ1n) is 14.9. The van der Waals surface area contributed by atoms with E-state index in [-0.39, 0.29) is 12.4 Å². The molecule has 0 spiro atoms. The second-order valence-electron chi connectivity index (χ2n) is 12.0. The summed E-state index contributed by atoms with van der Waals surface area (Å²) in [7, 11) is 1.42. The minimum Gasteiger partial charge on any atom is -0.511 e. The number of rotatable bonds is 5. The number of nitrogens with zero attached hydrogens (tertiary/aromatic N) is 3. The van der Waals surface area contributed by atoms with Gasteiger partial charge in [-0.15, -0.1) is 0 Å². The third-order valence-electron chi connectivity index (χ3n) is 9.52. The molecule has 0 saturated heterocycles. The number of aliphatic hydroxyl groups excluding tert-OH is 1. The summed E-state index contributed by atoms with van der Waals surface area (Å²) < 4.78 is 4.97. The van der Waals surface area contributed by atoms with Crippen molar-refractivity contribution in [2.24, 2.45) is 15.0 Å². The molecule has 1 fully saturated rings. The van der Waals surface area contributed by atoms with E-state index in [0.29, 0.717) is 24.5 Å². The van der Waals surface area contributed by atoms with Crippen LogP contribution in [0.25, 0.3) is 12.2 Å². The first kappa shape index (κ1) is 26.6. The van der Waals surface area contributed by atoms with Crippen molar-refractivity contribution in [2.45, 2.75) is 79.1 Å². The zero-order chi connectivity index (χ0) is 29.4. The average Bonchev–Trinajstić information content (AvgIpc) is 3.31. The highest BCUT2D eigenvalue weighted by atomic mass is 16.5. The molecule has 8 bridgehead atoms. The Kier molecular flexibility index (Phi) is 6.12. The Hall–Kier alpha value is -4.26. The lowest BCUT2D eigenvalue weighted by Crippen LogP contribution is -2.15. The number of aromatic nitrogens is 1. The normalized spacial score (nSPS) is 21.2. The summed E-state index contributed by atoms with van der Waals surface area (Å²) in [6.45, 7) is 10.6. The Labute approximate surface area is 245 Å². The standard InChI is InChI=1S/C35H36N4O3/c1-7-21-16(2)24-15-29-32(20-8-9-20)18(4)26(37-29)13-25-17(3)22(10-11-31(41)42-6)34(38-25)23-12-30(40)33-19(5)27(39-35(23)33)14-28(21)36-24/h13-15,20,37,40H,7-12H2,1-6H3. The van der Waals surface area contributed by atoms with Crippen molar-refractivity contribution in [1.29, 1.82) is 0 Å². The van der Waals surface area contributed by atoms with Gasteiger partial charge in [0.25, 0.3) is 0 Å². The fourth-order valence-electron chi connectivity index (χ4n) is 6.99. The quantitative estimate of drug-likeness (QED) is 0.448. The van der Waals surface area contributed by atoms with Crippen LogP contribution in [0.4, 0.5) is 0 Å². The molecule has 214 valence electrons. The smallest absolute Gasteiger partial charge is 0.305 e. The molecule has 2 N–H and O–H groups in total. The van der Waals surface area contributed by atoms with Crippen LogP contribution in [0.5, 0.6) is 0 Å². The fraction of sp³-hybridized carbons (Fsp3) is 0.371. The third-order valence-corrected chi connectivity index (χ3v) is 9.52. The van der Waals surface area contributed by atoms with Crippen LogP contribution in [0.15, 0.2) is 82.9 Å². The number of carbonyl (C=O) groups is 1. The van der Waals surface area contributed by atoms with Crippen LogP contribution in [0, 0.1) is 6.92 Å². The van der Waals surface area contributed by atoms with Gasteiger partial charge in [-0.1, -0.05) is 6.92 Å². The summed E-state index contributed by atoms with van der Waals surface area (Å²) in [4.78, 5) is 31.3. The number of carbonyl (C=O) groups excluding carboxylic acids is 1. The number of ether oxygens (including phenoxy) is 1. The summed E-state index contributed by atoms with van der Waals surface area (Å²) in [6, 6.07) is 0. The van der Waals surface area contributed by atoms with E-state index >= 15 is 0 Å². The second kappa shape index (κ2) is 9.65. The molecule has 0 radical (unpaired) electrons. The lowest BCUT2D eigenvalue weighted by Gasteiger charge is -2.09. The maximum absolute atomic E-state index is 12.2. The van der Waals surface area contributed by atoms with Gasteiger partial charge in [-0.2, -0.15) is 0 Å². The number of aromatic amines is 1. The monoisotopic (exact) mass is 560 g/mol. The number of fused-ring (bicyclic) bond motifs is 5. The molecule has 1 saturated carbocycles. The van der Waals surface area contributed by atoms with Crippen molar-refractivity contribution in [2.75, 3.05) is 7.11 Å². The van der Waals surface area contributed by atoms with Crippen LogP contribution in [0.1, 0.15) is 83.3 Å². The van der Waals surface area contributed by atoms with E-state index in [9.17, 15) is 9.90 Å². The Morgan fingerprint density at radius 1 is 0.976 bits per heavy atom. The van der Waals surface area contributed by atoms with E-state index in [0.717, 1.165) is 79.2 Å². The molecule has 1 aromatic heterocycles. The first-order chi connectivity index (χ1) is 20.2. The van der Waals surface area contributed by atoms with Gasteiger partial charge in [-0.3, -0.25) is 4.79 Å².